The first kappa shape index (κ1) is 12.7. The molecule has 0 heterocycles. The molecule has 0 aliphatic rings. The van der Waals surface area contributed by atoms with Crippen LogP contribution in [0.4, 0.5) is 0 Å². The zero-order valence-electron chi connectivity index (χ0n) is 9.60. The summed E-state index contributed by atoms with van der Waals surface area (Å²) in [5.74, 6) is -0.869. The van der Waals surface area contributed by atoms with Gasteiger partial charge in [0.2, 0.25) is 5.91 Å². The minimum Gasteiger partial charge on any atom is -0.351 e. The van der Waals surface area contributed by atoms with Crippen molar-refractivity contribution in [2.24, 2.45) is 5.92 Å². The van der Waals surface area contributed by atoms with E-state index in [1.165, 1.54) is 0 Å². The molecule has 0 bridgehead atoms. The lowest BCUT2D eigenvalue weighted by Crippen LogP contribution is -2.29. The highest BCUT2D eigenvalue weighted by Gasteiger charge is 2.14. The number of amides is 1. The summed E-state index contributed by atoms with van der Waals surface area (Å²) in [4.78, 5) is 11.5. The van der Waals surface area contributed by atoms with E-state index in [0.29, 0.717) is 18.5 Å². The monoisotopic (exact) mass is 227 g/mol. The fourth-order valence-electron chi connectivity index (χ4n) is 1.40. The van der Waals surface area contributed by atoms with Gasteiger partial charge in [-0.1, -0.05) is 19.1 Å². The van der Waals surface area contributed by atoms with Crippen LogP contribution >= 0.6 is 0 Å². The van der Waals surface area contributed by atoms with Crippen molar-refractivity contribution in [3.8, 4) is 12.1 Å². The number of carbonyl (C=O) groups excluding carboxylic acids is 1. The topological polar surface area (TPSA) is 76.7 Å². The molecule has 0 aliphatic carbocycles. The molecular formula is C13H13N3O. The fourth-order valence-corrected chi connectivity index (χ4v) is 1.40. The molecule has 0 saturated heterocycles. The molecule has 1 N–H and O–H groups in total. The minimum absolute atomic E-state index is 0.266. The molecule has 1 rings (SSSR count). The minimum atomic E-state index is -0.603. The Morgan fingerprint density at radius 2 is 2.24 bits per heavy atom. The van der Waals surface area contributed by atoms with Crippen LogP contribution in [0.1, 0.15) is 24.5 Å². The van der Waals surface area contributed by atoms with Crippen LogP contribution in [0.3, 0.4) is 0 Å². The van der Waals surface area contributed by atoms with Gasteiger partial charge in [-0.3, -0.25) is 4.79 Å². The molecule has 0 radical (unpaired) electrons. The summed E-state index contributed by atoms with van der Waals surface area (Å²) < 4.78 is 0. The molecule has 1 amide bonds. The quantitative estimate of drug-likeness (QED) is 0.850. The second-order valence-electron chi connectivity index (χ2n) is 3.62. The Hall–Kier alpha value is -2.33. The van der Waals surface area contributed by atoms with Gasteiger partial charge in [0.05, 0.1) is 17.7 Å². The van der Waals surface area contributed by atoms with Crippen LogP contribution in [0.15, 0.2) is 24.3 Å². The van der Waals surface area contributed by atoms with Crippen molar-refractivity contribution < 1.29 is 4.79 Å². The molecule has 4 nitrogen and oxygen atoms in total. The zero-order chi connectivity index (χ0) is 12.7. The summed E-state index contributed by atoms with van der Waals surface area (Å²) >= 11 is 0. The SMILES string of the molecule is CCC(C#N)C(=O)NCc1cccc(C#N)c1. The van der Waals surface area contributed by atoms with Crippen molar-refractivity contribution in [1.82, 2.24) is 5.32 Å². The van der Waals surface area contributed by atoms with E-state index < -0.39 is 5.92 Å². The number of benzene rings is 1. The summed E-state index contributed by atoms with van der Waals surface area (Å²) in [7, 11) is 0. The van der Waals surface area contributed by atoms with Gasteiger partial charge >= 0.3 is 0 Å². The van der Waals surface area contributed by atoms with Gasteiger partial charge in [0.25, 0.3) is 0 Å². The highest BCUT2D eigenvalue weighted by molar-refractivity contribution is 5.80. The Kier molecular flexibility index (Phi) is 4.72. The van der Waals surface area contributed by atoms with Crippen molar-refractivity contribution in [3.63, 3.8) is 0 Å². The second-order valence-corrected chi connectivity index (χ2v) is 3.62. The Labute approximate surface area is 100 Å². The first-order valence-corrected chi connectivity index (χ1v) is 5.37. The summed E-state index contributed by atoms with van der Waals surface area (Å²) in [5, 5.41) is 20.1. The lowest BCUT2D eigenvalue weighted by molar-refractivity contribution is -0.123. The Morgan fingerprint density at radius 3 is 2.82 bits per heavy atom. The number of hydrogen-bond acceptors (Lipinski definition) is 3. The average molecular weight is 227 g/mol. The number of carbonyl (C=O) groups is 1. The standard InChI is InChI=1S/C13H13N3O/c1-2-12(8-15)13(17)16-9-11-5-3-4-10(6-11)7-14/h3-6,12H,2,9H2,1H3,(H,16,17). The van der Waals surface area contributed by atoms with Gasteiger partial charge in [-0.05, 0) is 24.1 Å². The number of nitrogens with one attached hydrogen (secondary N) is 1. The predicted octanol–water partition coefficient (Wildman–Crippen LogP) is 1.72. The molecule has 0 spiro atoms. The lowest BCUT2D eigenvalue weighted by Gasteiger charge is -2.08. The van der Waals surface area contributed by atoms with Crippen LogP contribution in [0.5, 0.6) is 0 Å². The van der Waals surface area contributed by atoms with Crippen LogP contribution in [-0.2, 0) is 11.3 Å². The van der Waals surface area contributed by atoms with Crippen LogP contribution in [-0.4, -0.2) is 5.91 Å². The van der Waals surface area contributed by atoms with Gasteiger partial charge in [-0.15, -0.1) is 0 Å². The van der Waals surface area contributed by atoms with E-state index in [2.05, 4.69) is 5.32 Å². The molecule has 0 aliphatic heterocycles. The van der Waals surface area contributed by atoms with Gasteiger partial charge in [0.15, 0.2) is 0 Å². The maximum atomic E-state index is 11.5. The lowest BCUT2D eigenvalue weighted by atomic mass is 10.1. The summed E-state index contributed by atoms with van der Waals surface area (Å²) in [6, 6.07) is 11.0. The fraction of sp³-hybridized carbons (Fsp3) is 0.308. The molecule has 0 aromatic heterocycles. The van der Waals surface area contributed by atoms with Gasteiger partial charge in [0.1, 0.15) is 5.92 Å². The molecular weight excluding hydrogens is 214 g/mol. The number of hydrogen-bond donors (Lipinski definition) is 1. The predicted molar refractivity (Wildman–Crippen MR) is 62.4 cm³/mol. The van der Waals surface area contributed by atoms with E-state index in [1.807, 2.05) is 18.2 Å². The van der Waals surface area contributed by atoms with Crippen molar-refractivity contribution in [1.29, 1.82) is 10.5 Å². The van der Waals surface area contributed by atoms with Crippen LogP contribution < -0.4 is 5.32 Å². The van der Waals surface area contributed by atoms with E-state index in [0.717, 1.165) is 5.56 Å². The van der Waals surface area contributed by atoms with E-state index in [1.54, 1.807) is 25.1 Å². The van der Waals surface area contributed by atoms with Crippen molar-refractivity contribution in [3.05, 3.63) is 35.4 Å². The van der Waals surface area contributed by atoms with Gasteiger partial charge in [-0.25, -0.2) is 0 Å². The van der Waals surface area contributed by atoms with Crippen LogP contribution in [0.25, 0.3) is 0 Å². The van der Waals surface area contributed by atoms with Gasteiger partial charge in [-0.2, -0.15) is 10.5 Å². The highest BCUT2D eigenvalue weighted by Crippen LogP contribution is 2.05. The summed E-state index contributed by atoms with van der Waals surface area (Å²) in [5.41, 5.74) is 1.41. The maximum Gasteiger partial charge on any atom is 0.237 e. The van der Waals surface area contributed by atoms with E-state index in [9.17, 15) is 4.79 Å². The summed E-state index contributed by atoms with van der Waals surface area (Å²) in [6.07, 6.45) is 0.501. The Balaban J connectivity index is 2.59. The summed E-state index contributed by atoms with van der Waals surface area (Å²) in [6.45, 7) is 2.14. The molecule has 0 saturated carbocycles. The third kappa shape index (κ3) is 3.62. The van der Waals surface area contributed by atoms with Gasteiger partial charge < -0.3 is 5.32 Å². The van der Waals surface area contributed by atoms with Crippen molar-refractivity contribution in [2.45, 2.75) is 19.9 Å². The van der Waals surface area contributed by atoms with E-state index in [-0.39, 0.29) is 5.91 Å². The number of nitriles is 2. The highest BCUT2D eigenvalue weighted by atomic mass is 16.1. The second kappa shape index (κ2) is 6.30. The smallest absolute Gasteiger partial charge is 0.237 e. The first-order valence-electron chi connectivity index (χ1n) is 5.37. The molecule has 0 fully saturated rings. The average Bonchev–Trinajstić information content (AvgIpc) is 2.38. The Bertz CT molecular complexity index is 482. The molecule has 1 aromatic rings. The third-order valence-corrected chi connectivity index (χ3v) is 2.40. The Morgan fingerprint density at radius 1 is 1.47 bits per heavy atom. The van der Waals surface area contributed by atoms with E-state index in [4.69, 9.17) is 10.5 Å². The van der Waals surface area contributed by atoms with E-state index >= 15 is 0 Å². The van der Waals surface area contributed by atoms with Crippen LogP contribution in [0, 0.1) is 28.6 Å². The van der Waals surface area contributed by atoms with Crippen LogP contribution in [0.2, 0.25) is 0 Å². The molecule has 17 heavy (non-hydrogen) atoms. The largest absolute Gasteiger partial charge is 0.351 e. The number of nitrogens with zero attached hydrogens (tertiary/aromatic N) is 2. The molecule has 1 unspecified atom stereocenters. The maximum absolute atomic E-state index is 11.5. The van der Waals surface area contributed by atoms with Gasteiger partial charge in [0, 0.05) is 6.54 Å². The molecule has 1 atom stereocenters. The third-order valence-electron chi connectivity index (χ3n) is 2.40. The zero-order valence-corrected chi connectivity index (χ0v) is 9.60. The first-order chi connectivity index (χ1) is 8.21. The molecule has 4 heteroatoms. The normalized spacial score (nSPS) is 11.0. The number of rotatable bonds is 4. The molecule has 1 aromatic carbocycles. The molecule has 86 valence electrons. The van der Waals surface area contributed by atoms with Crippen molar-refractivity contribution >= 4 is 5.91 Å². The van der Waals surface area contributed by atoms with Crippen molar-refractivity contribution in [2.75, 3.05) is 0 Å².